The maximum absolute atomic E-state index is 14.1. The Morgan fingerprint density at radius 2 is 1.48 bits per heavy atom. The number of ether oxygens (including phenoxy) is 3. The highest BCUT2D eigenvalue weighted by Gasteiger charge is 2.56. The molecular weight excluding hydrogens is 631 g/mol. The van der Waals surface area contributed by atoms with Crippen molar-refractivity contribution in [3.63, 3.8) is 0 Å². The van der Waals surface area contributed by atoms with Gasteiger partial charge in [-0.3, -0.25) is 23.7 Å². The summed E-state index contributed by atoms with van der Waals surface area (Å²) in [6.45, 7) is 1.65. The van der Waals surface area contributed by atoms with Crippen molar-refractivity contribution in [2.75, 3.05) is 31.0 Å². The number of anilines is 2. The van der Waals surface area contributed by atoms with E-state index in [0.29, 0.717) is 38.3 Å². The highest BCUT2D eigenvalue weighted by molar-refractivity contribution is 8.00. The highest BCUT2D eigenvalue weighted by Crippen LogP contribution is 2.54. The fourth-order valence-electron chi connectivity index (χ4n) is 5.66. The number of amides is 3. The summed E-state index contributed by atoms with van der Waals surface area (Å²) in [5, 5.41) is 2.41. The number of benzene rings is 3. The third kappa shape index (κ3) is 5.67. The molecule has 3 amide bonds. The van der Waals surface area contributed by atoms with E-state index in [1.807, 2.05) is 12.1 Å². The zero-order chi connectivity index (χ0) is 32.5. The number of fused-ring (bicyclic) bond motifs is 2. The van der Waals surface area contributed by atoms with Crippen LogP contribution in [-0.2, 0) is 25.7 Å². The molecule has 6 rings (SSSR count). The SMILES string of the molecule is CCOC(=O)c1ccc(NC(=O)Cn2c3c(sc2=O)[C@@H](c2ccc(OC)cc2)[C@@H]2C(=O)N(c4ccc(OC)cc4)C(=O)[C@@H]2S3)cc1. The number of carbonyl (C=O) groups is 4. The Hall–Kier alpha value is -4.88. The van der Waals surface area contributed by atoms with Crippen LogP contribution < -0.4 is 24.6 Å². The molecule has 1 saturated heterocycles. The minimum absolute atomic E-state index is 0.245. The number of nitrogens with one attached hydrogen (secondary N) is 1. The standard InChI is InChI=1S/C33H29N3O8S2/c1-4-44-32(40)19-5-9-20(10-6-19)34-24(37)17-35-31-28(46-33(35)41)25(18-7-13-22(42-2)14-8-18)26-27(45-31)30(39)36(29(26)38)21-11-15-23(43-3)16-12-21/h5-16,25-27H,4,17H2,1-3H3,(H,34,37)/t25-,26-,27+/m0/s1. The quantitative estimate of drug-likeness (QED) is 0.203. The summed E-state index contributed by atoms with van der Waals surface area (Å²) in [5.74, 6) is -1.88. The van der Waals surface area contributed by atoms with E-state index in [9.17, 15) is 24.0 Å². The van der Waals surface area contributed by atoms with E-state index in [1.54, 1.807) is 74.7 Å². The Morgan fingerprint density at radius 1 is 0.848 bits per heavy atom. The summed E-state index contributed by atoms with van der Waals surface area (Å²) < 4.78 is 16.9. The van der Waals surface area contributed by atoms with Crippen LogP contribution in [0.4, 0.5) is 11.4 Å². The number of hydrogen-bond donors (Lipinski definition) is 1. The monoisotopic (exact) mass is 659 g/mol. The second-order valence-electron chi connectivity index (χ2n) is 10.5. The van der Waals surface area contributed by atoms with Crippen molar-refractivity contribution >= 4 is 58.2 Å². The normalized spacial score (nSPS) is 18.5. The first-order valence-corrected chi connectivity index (χ1v) is 16.1. The second-order valence-corrected chi connectivity index (χ2v) is 12.6. The van der Waals surface area contributed by atoms with Crippen LogP contribution in [0.5, 0.6) is 11.5 Å². The van der Waals surface area contributed by atoms with Gasteiger partial charge in [-0.2, -0.15) is 0 Å². The van der Waals surface area contributed by atoms with Gasteiger partial charge in [0, 0.05) is 16.5 Å². The Kier molecular flexibility index (Phi) is 8.69. The van der Waals surface area contributed by atoms with Gasteiger partial charge in [0.1, 0.15) is 23.3 Å². The summed E-state index contributed by atoms with van der Waals surface area (Å²) in [4.78, 5) is 68.0. The molecule has 13 heteroatoms. The molecule has 1 N–H and O–H groups in total. The van der Waals surface area contributed by atoms with Crippen LogP contribution in [-0.4, -0.2) is 54.3 Å². The lowest BCUT2D eigenvalue weighted by molar-refractivity contribution is -0.122. The van der Waals surface area contributed by atoms with Crippen LogP contribution in [0.3, 0.4) is 0 Å². The molecule has 3 heterocycles. The van der Waals surface area contributed by atoms with Crippen LogP contribution in [0.25, 0.3) is 0 Å². The minimum Gasteiger partial charge on any atom is -0.497 e. The zero-order valence-corrected chi connectivity index (χ0v) is 26.7. The smallest absolute Gasteiger partial charge is 0.338 e. The highest BCUT2D eigenvalue weighted by atomic mass is 32.2. The Bertz CT molecular complexity index is 1870. The van der Waals surface area contributed by atoms with Crippen molar-refractivity contribution in [3.05, 3.63) is 98.5 Å². The number of aromatic nitrogens is 1. The molecule has 0 spiro atoms. The summed E-state index contributed by atoms with van der Waals surface area (Å²) >= 11 is 2.10. The van der Waals surface area contributed by atoms with Crippen LogP contribution in [0, 0.1) is 5.92 Å². The van der Waals surface area contributed by atoms with Gasteiger partial charge in [-0.25, -0.2) is 9.69 Å². The summed E-state index contributed by atoms with van der Waals surface area (Å²) in [6, 6.07) is 20.1. The van der Waals surface area contributed by atoms with Crippen LogP contribution in [0.15, 0.2) is 82.6 Å². The molecule has 0 radical (unpaired) electrons. The Labute approximate surface area is 272 Å². The van der Waals surface area contributed by atoms with Crippen molar-refractivity contribution in [2.45, 2.75) is 29.7 Å². The van der Waals surface area contributed by atoms with Crippen molar-refractivity contribution in [3.8, 4) is 11.5 Å². The number of rotatable bonds is 9. The average molecular weight is 660 g/mol. The van der Waals surface area contributed by atoms with E-state index < -0.39 is 34.9 Å². The Morgan fingerprint density at radius 3 is 2.09 bits per heavy atom. The number of esters is 1. The molecule has 0 saturated carbocycles. The number of thioether (sulfide) groups is 1. The average Bonchev–Trinajstić information content (AvgIpc) is 3.51. The number of methoxy groups -OCH3 is 2. The maximum atomic E-state index is 14.1. The van der Waals surface area contributed by atoms with Gasteiger partial charge in [0.15, 0.2) is 0 Å². The second kappa shape index (κ2) is 12.9. The topological polar surface area (TPSA) is 133 Å². The minimum atomic E-state index is -0.826. The van der Waals surface area contributed by atoms with Gasteiger partial charge in [-0.1, -0.05) is 35.2 Å². The molecule has 0 unspecified atom stereocenters. The van der Waals surface area contributed by atoms with E-state index in [0.717, 1.165) is 28.7 Å². The van der Waals surface area contributed by atoms with E-state index in [2.05, 4.69) is 5.32 Å². The largest absolute Gasteiger partial charge is 0.497 e. The molecule has 46 heavy (non-hydrogen) atoms. The van der Waals surface area contributed by atoms with E-state index in [1.165, 1.54) is 16.6 Å². The third-order valence-corrected chi connectivity index (χ3v) is 10.4. The summed E-state index contributed by atoms with van der Waals surface area (Å²) in [7, 11) is 3.09. The van der Waals surface area contributed by atoms with Gasteiger partial charge in [0.2, 0.25) is 17.7 Å². The van der Waals surface area contributed by atoms with Crippen LogP contribution >= 0.6 is 23.1 Å². The van der Waals surface area contributed by atoms with Crippen molar-refractivity contribution < 1.29 is 33.4 Å². The molecule has 11 nitrogen and oxygen atoms in total. The first kappa shape index (κ1) is 31.1. The van der Waals surface area contributed by atoms with Gasteiger partial charge in [0.05, 0.1) is 43.0 Å². The molecule has 2 aliphatic heterocycles. The molecular formula is C33H29N3O8S2. The van der Waals surface area contributed by atoms with Gasteiger partial charge in [-0.15, -0.1) is 0 Å². The molecule has 2 aliphatic rings. The van der Waals surface area contributed by atoms with Gasteiger partial charge in [-0.05, 0) is 73.2 Å². The lowest BCUT2D eigenvalue weighted by Gasteiger charge is -2.30. The molecule has 0 bridgehead atoms. The predicted molar refractivity (Wildman–Crippen MR) is 173 cm³/mol. The fourth-order valence-corrected chi connectivity index (χ4v) is 8.43. The molecule has 4 aromatic rings. The summed E-state index contributed by atoms with van der Waals surface area (Å²) in [6.07, 6.45) is 0. The molecule has 3 aromatic carbocycles. The molecule has 0 aliphatic carbocycles. The van der Waals surface area contributed by atoms with Crippen molar-refractivity contribution in [1.29, 1.82) is 0 Å². The lowest BCUT2D eigenvalue weighted by Crippen LogP contribution is -2.33. The number of carbonyl (C=O) groups excluding carboxylic acids is 4. The Balaban J connectivity index is 1.33. The van der Waals surface area contributed by atoms with Gasteiger partial charge < -0.3 is 19.5 Å². The van der Waals surface area contributed by atoms with E-state index >= 15 is 0 Å². The van der Waals surface area contributed by atoms with Crippen LogP contribution in [0.2, 0.25) is 0 Å². The lowest BCUT2D eigenvalue weighted by atomic mass is 9.83. The fraction of sp³-hybridized carbons (Fsp3) is 0.242. The van der Waals surface area contributed by atoms with Crippen molar-refractivity contribution in [2.24, 2.45) is 5.92 Å². The number of hydrogen-bond acceptors (Lipinski definition) is 10. The molecule has 3 atom stereocenters. The van der Waals surface area contributed by atoms with E-state index in [4.69, 9.17) is 14.2 Å². The maximum Gasteiger partial charge on any atom is 0.338 e. The molecule has 1 fully saturated rings. The van der Waals surface area contributed by atoms with E-state index in [-0.39, 0.29) is 23.9 Å². The number of imide groups is 1. The van der Waals surface area contributed by atoms with Gasteiger partial charge >= 0.3 is 10.8 Å². The predicted octanol–water partition coefficient (Wildman–Crippen LogP) is 4.54. The van der Waals surface area contributed by atoms with Crippen LogP contribution in [0.1, 0.15) is 33.6 Å². The van der Waals surface area contributed by atoms with Crippen molar-refractivity contribution in [1.82, 2.24) is 4.57 Å². The van der Waals surface area contributed by atoms with Gasteiger partial charge in [0.25, 0.3) is 0 Å². The first-order chi connectivity index (χ1) is 22.2. The zero-order valence-electron chi connectivity index (χ0n) is 25.1. The number of nitrogens with zero attached hydrogens (tertiary/aromatic N) is 2. The molecule has 236 valence electrons. The molecule has 1 aromatic heterocycles. The first-order valence-electron chi connectivity index (χ1n) is 14.4. The third-order valence-electron chi connectivity index (χ3n) is 7.84. The number of thiazole rings is 1. The summed E-state index contributed by atoms with van der Waals surface area (Å²) in [5.41, 5.74) is 1.95.